The molecule has 2 aromatic carbocycles. The Morgan fingerprint density at radius 3 is 2.27 bits per heavy atom. The molecule has 2 rings (SSSR count). The molecule has 0 saturated carbocycles. The molecule has 2 N–H and O–H groups in total. The zero-order valence-corrected chi connectivity index (χ0v) is 16.8. The maximum Gasteiger partial charge on any atom is 0.243 e. The minimum atomic E-state index is -3.55. The Morgan fingerprint density at radius 2 is 1.69 bits per heavy atom. The van der Waals surface area contributed by atoms with Crippen molar-refractivity contribution in [1.82, 2.24) is 4.31 Å². The van der Waals surface area contributed by atoms with Crippen LogP contribution in [0, 0.1) is 6.92 Å². The van der Waals surface area contributed by atoms with Crippen LogP contribution in [-0.4, -0.2) is 39.3 Å². The zero-order valence-electron chi connectivity index (χ0n) is 14.5. The van der Waals surface area contributed by atoms with E-state index in [1.165, 1.54) is 26.2 Å². The Morgan fingerprint density at radius 1 is 1.08 bits per heavy atom. The number of rotatable bonds is 6. The molecule has 0 aliphatic heterocycles. The largest absolute Gasteiger partial charge is 0.376 e. The highest BCUT2D eigenvalue weighted by atomic mass is 35.5. The Labute approximate surface area is 163 Å². The van der Waals surface area contributed by atoms with Crippen LogP contribution >= 0.6 is 23.2 Å². The van der Waals surface area contributed by atoms with Crippen molar-refractivity contribution in [3.05, 3.63) is 52.0 Å². The van der Waals surface area contributed by atoms with E-state index in [0.29, 0.717) is 21.4 Å². The molecule has 0 aliphatic rings. The Hall–Kier alpha value is -1.80. The maximum absolute atomic E-state index is 12.2. The Balaban J connectivity index is 2.10. The van der Waals surface area contributed by atoms with Crippen molar-refractivity contribution < 1.29 is 13.2 Å². The van der Waals surface area contributed by atoms with E-state index in [2.05, 4.69) is 10.6 Å². The summed E-state index contributed by atoms with van der Waals surface area (Å²) in [6, 6.07) is 9.46. The van der Waals surface area contributed by atoms with Gasteiger partial charge >= 0.3 is 0 Å². The molecule has 0 aromatic heterocycles. The van der Waals surface area contributed by atoms with Gasteiger partial charge in [-0.3, -0.25) is 4.79 Å². The van der Waals surface area contributed by atoms with E-state index in [-0.39, 0.29) is 17.3 Å². The lowest BCUT2D eigenvalue weighted by Gasteiger charge is -2.15. The van der Waals surface area contributed by atoms with Gasteiger partial charge in [0.05, 0.1) is 11.4 Å². The summed E-state index contributed by atoms with van der Waals surface area (Å²) in [7, 11) is -0.621. The fraction of sp³-hybridized carbons (Fsp3) is 0.235. The average Bonchev–Trinajstić information content (AvgIpc) is 2.52. The first-order valence-electron chi connectivity index (χ1n) is 7.62. The third kappa shape index (κ3) is 5.11. The fourth-order valence-corrected chi connectivity index (χ4v) is 3.62. The van der Waals surface area contributed by atoms with Crippen molar-refractivity contribution in [2.75, 3.05) is 31.3 Å². The molecule has 9 heteroatoms. The van der Waals surface area contributed by atoms with Crippen molar-refractivity contribution >= 4 is 50.5 Å². The van der Waals surface area contributed by atoms with Crippen LogP contribution in [0.2, 0.25) is 10.0 Å². The van der Waals surface area contributed by atoms with Crippen molar-refractivity contribution in [3.8, 4) is 0 Å². The van der Waals surface area contributed by atoms with Crippen molar-refractivity contribution in [1.29, 1.82) is 0 Å². The number of aryl methyl sites for hydroxylation is 1. The lowest BCUT2D eigenvalue weighted by atomic mass is 10.2. The summed E-state index contributed by atoms with van der Waals surface area (Å²) in [5, 5.41) is 6.46. The van der Waals surface area contributed by atoms with Gasteiger partial charge < -0.3 is 10.6 Å². The monoisotopic (exact) mass is 415 g/mol. The van der Waals surface area contributed by atoms with Crippen LogP contribution in [-0.2, 0) is 14.8 Å². The van der Waals surface area contributed by atoms with E-state index >= 15 is 0 Å². The van der Waals surface area contributed by atoms with Gasteiger partial charge in [-0.05, 0) is 42.8 Å². The molecule has 0 aliphatic carbocycles. The predicted molar refractivity (Wildman–Crippen MR) is 106 cm³/mol. The summed E-state index contributed by atoms with van der Waals surface area (Å²) in [6.45, 7) is 1.78. The fourth-order valence-electron chi connectivity index (χ4n) is 2.17. The average molecular weight is 416 g/mol. The Bertz CT molecular complexity index is 911. The van der Waals surface area contributed by atoms with Crippen LogP contribution < -0.4 is 10.6 Å². The van der Waals surface area contributed by atoms with E-state index in [1.807, 2.05) is 6.92 Å². The number of hydrogen-bond acceptors (Lipinski definition) is 4. The number of carbonyl (C=O) groups is 1. The smallest absolute Gasteiger partial charge is 0.243 e. The van der Waals surface area contributed by atoms with Gasteiger partial charge in [0.15, 0.2) is 0 Å². The SMILES string of the molecule is Cc1ccc(S(=O)(=O)N(C)C)cc1NCC(=O)Nc1cc(Cl)cc(Cl)c1. The first-order chi connectivity index (χ1) is 12.1. The van der Waals surface area contributed by atoms with Crippen molar-refractivity contribution in [2.24, 2.45) is 0 Å². The van der Waals surface area contributed by atoms with Gasteiger partial charge in [0, 0.05) is 35.5 Å². The third-order valence-corrected chi connectivity index (χ3v) is 5.82. The van der Waals surface area contributed by atoms with E-state index in [9.17, 15) is 13.2 Å². The molecule has 140 valence electrons. The van der Waals surface area contributed by atoms with Crippen LogP contribution in [0.5, 0.6) is 0 Å². The lowest BCUT2D eigenvalue weighted by molar-refractivity contribution is -0.114. The standard InChI is InChI=1S/C17H19Cl2N3O3S/c1-11-4-5-15(26(24,25)22(2)3)9-16(11)20-10-17(23)21-14-7-12(18)6-13(19)8-14/h4-9,20H,10H2,1-3H3,(H,21,23). The Kier molecular flexibility index (Phi) is 6.52. The van der Waals surface area contributed by atoms with Gasteiger partial charge in [0.2, 0.25) is 15.9 Å². The van der Waals surface area contributed by atoms with Gasteiger partial charge in [-0.2, -0.15) is 0 Å². The molecule has 0 saturated heterocycles. The quantitative estimate of drug-likeness (QED) is 0.754. The number of nitrogens with one attached hydrogen (secondary N) is 2. The molecule has 1 amide bonds. The highest BCUT2D eigenvalue weighted by molar-refractivity contribution is 7.89. The normalized spacial score (nSPS) is 11.5. The summed E-state index contributed by atoms with van der Waals surface area (Å²) in [4.78, 5) is 12.3. The second-order valence-corrected chi connectivity index (χ2v) is 8.85. The van der Waals surface area contributed by atoms with Crippen LogP contribution in [0.4, 0.5) is 11.4 Å². The number of hydrogen-bond donors (Lipinski definition) is 2. The number of anilines is 2. The van der Waals surface area contributed by atoms with E-state index in [0.717, 1.165) is 9.87 Å². The third-order valence-electron chi connectivity index (χ3n) is 3.57. The molecular formula is C17H19Cl2N3O3S. The van der Waals surface area contributed by atoms with Crippen LogP contribution in [0.3, 0.4) is 0 Å². The minimum Gasteiger partial charge on any atom is -0.376 e. The molecule has 0 atom stereocenters. The summed E-state index contributed by atoms with van der Waals surface area (Å²) in [5.41, 5.74) is 1.86. The van der Waals surface area contributed by atoms with Crippen molar-refractivity contribution in [2.45, 2.75) is 11.8 Å². The van der Waals surface area contributed by atoms with Gasteiger partial charge in [-0.25, -0.2) is 12.7 Å². The van der Waals surface area contributed by atoms with Gasteiger partial charge in [0.1, 0.15) is 0 Å². The number of nitrogens with zero attached hydrogens (tertiary/aromatic N) is 1. The molecular weight excluding hydrogens is 397 g/mol. The molecule has 6 nitrogen and oxygen atoms in total. The highest BCUT2D eigenvalue weighted by Crippen LogP contribution is 2.23. The first kappa shape index (κ1) is 20.5. The van der Waals surface area contributed by atoms with Gasteiger partial charge in [-0.1, -0.05) is 29.3 Å². The summed E-state index contributed by atoms with van der Waals surface area (Å²) in [6.07, 6.45) is 0. The predicted octanol–water partition coefficient (Wildman–Crippen LogP) is 3.60. The molecule has 0 radical (unpaired) electrons. The highest BCUT2D eigenvalue weighted by Gasteiger charge is 2.18. The van der Waals surface area contributed by atoms with Gasteiger partial charge in [0.25, 0.3) is 0 Å². The molecule has 0 fully saturated rings. The number of amides is 1. The van der Waals surface area contributed by atoms with E-state index < -0.39 is 10.0 Å². The second kappa shape index (κ2) is 8.26. The molecule has 0 heterocycles. The van der Waals surface area contributed by atoms with E-state index in [4.69, 9.17) is 23.2 Å². The molecule has 2 aromatic rings. The summed E-state index contributed by atoms with van der Waals surface area (Å²) in [5.74, 6) is -0.316. The molecule has 26 heavy (non-hydrogen) atoms. The topological polar surface area (TPSA) is 78.5 Å². The lowest BCUT2D eigenvalue weighted by Crippen LogP contribution is -2.24. The summed E-state index contributed by atoms with van der Waals surface area (Å²) < 4.78 is 25.6. The molecule has 0 bridgehead atoms. The number of benzene rings is 2. The minimum absolute atomic E-state index is 0.0452. The second-order valence-electron chi connectivity index (χ2n) is 5.82. The number of sulfonamides is 1. The van der Waals surface area contributed by atoms with Crippen LogP contribution in [0.15, 0.2) is 41.3 Å². The number of halogens is 2. The number of carbonyl (C=O) groups excluding carboxylic acids is 1. The van der Waals surface area contributed by atoms with Crippen molar-refractivity contribution in [3.63, 3.8) is 0 Å². The van der Waals surface area contributed by atoms with E-state index in [1.54, 1.807) is 24.3 Å². The van der Waals surface area contributed by atoms with Crippen LogP contribution in [0.25, 0.3) is 0 Å². The maximum atomic E-state index is 12.2. The zero-order chi connectivity index (χ0) is 19.5. The van der Waals surface area contributed by atoms with Crippen LogP contribution in [0.1, 0.15) is 5.56 Å². The summed E-state index contributed by atoms with van der Waals surface area (Å²) >= 11 is 11.8. The molecule has 0 spiro atoms. The van der Waals surface area contributed by atoms with Gasteiger partial charge in [-0.15, -0.1) is 0 Å². The first-order valence-corrected chi connectivity index (χ1v) is 9.82. The molecule has 0 unspecified atom stereocenters.